The van der Waals surface area contributed by atoms with E-state index in [-0.39, 0.29) is 17.2 Å². The van der Waals surface area contributed by atoms with Gasteiger partial charge in [-0.05, 0) is 6.42 Å². The molecule has 0 aliphatic heterocycles. The molecule has 0 aromatic heterocycles. The molecule has 0 unspecified atom stereocenters. The third-order valence-corrected chi connectivity index (χ3v) is 2.36. The van der Waals surface area contributed by atoms with E-state index in [0.717, 1.165) is 12.8 Å². The highest BCUT2D eigenvalue weighted by Gasteiger charge is 2.16. The predicted octanol–water partition coefficient (Wildman–Crippen LogP) is 1.99. The molecule has 1 atom stereocenters. The number of rotatable bonds is 4. The van der Waals surface area contributed by atoms with Crippen molar-refractivity contribution in [3.05, 3.63) is 17.7 Å². The SMILES string of the molecule is CCCC[C@@H](N)c1c(O)cc(O)cc1O. The molecule has 1 rings (SSSR count). The van der Waals surface area contributed by atoms with Crippen molar-refractivity contribution in [1.82, 2.24) is 0 Å². The lowest BCUT2D eigenvalue weighted by molar-refractivity contribution is 0.408. The monoisotopic (exact) mass is 211 g/mol. The van der Waals surface area contributed by atoms with Crippen molar-refractivity contribution in [3.8, 4) is 17.2 Å². The predicted molar refractivity (Wildman–Crippen MR) is 57.9 cm³/mol. The summed E-state index contributed by atoms with van der Waals surface area (Å²) >= 11 is 0. The van der Waals surface area contributed by atoms with Gasteiger partial charge in [0.15, 0.2) is 0 Å². The van der Waals surface area contributed by atoms with E-state index in [1.165, 1.54) is 12.1 Å². The Labute approximate surface area is 89.0 Å². The highest BCUT2D eigenvalue weighted by atomic mass is 16.3. The van der Waals surface area contributed by atoms with Crippen LogP contribution in [0.15, 0.2) is 12.1 Å². The maximum Gasteiger partial charge on any atom is 0.127 e. The highest BCUT2D eigenvalue weighted by Crippen LogP contribution is 2.37. The van der Waals surface area contributed by atoms with E-state index in [0.29, 0.717) is 12.0 Å². The van der Waals surface area contributed by atoms with Crippen molar-refractivity contribution in [2.24, 2.45) is 5.73 Å². The maximum atomic E-state index is 9.54. The molecule has 0 saturated carbocycles. The van der Waals surface area contributed by atoms with Gasteiger partial charge >= 0.3 is 0 Å². The summed E-state index contributed by atoms with van der Waals surface area (Å²) in [7, 11) is 0. The zero-order chi connectivity index (χ0) is 11.4. The number of phenolic OH excluding ortho intramolecular Hbond substituents is 3. The molecule has 0 bridgehead atoms. The Balaban J connectivity index is 2.92. The van der Waals surface area contributed by atoms with Crippen LogP contribution in [0.3, 0.4) is 0 Å². The minimum atomic E-state index is -0.398. The van der Waals surface area contributed by atoms with Gasteiger partial charge in [0.1, 0.15) is 17.2 Å². The lowest BCUT2D eigenvalue weighted by Gasteiger charge is -2.15. The molecule has 15 heavy (non-hydrogen) atoms. The number of aromatic hydroxyl groups is 3. The lowest BCUT2D eigenvalue weighted by atomic mass is 10.00. The summed E-state index contributed by atoms with van der Waals surface area (Å²) in [6, 6.07) is 1.97. The molecule has 1 aromatic carbocycles. The largest absolute Gasteiger partial charge is 0.508 e. The molecule has 0 radical (unpaired) electrons. The Bertz CT molecular complexity index is 316. The summed E-state index contributed by atoms with van der Waals surface area (Å²) in [5.41, 5.74) is 6.14. The Kier molecular flexibility index (Phi) is 3.80. The van der Waals surface area contributed by atoms with Crippen molar-refractivity contribution in [2.45, 2.75) is 32.2 Å². The van der Waals surface area contributed by atoms with E-state index in [1.54, 1.807) is 0 Å². The topological polar surface area (TPSA) is 86.7 Å². The zero-order valence-corrected chi connectivity index (χ0v) is 8.77. The van der Waals surface area contributed by atoms with Gasteiger partial charge in [-0.15, -0.1) is 0 Å². The molecule has 84 valence electrons. The molecular weight excluding hydrogens is 194 g/mol. The van der Waals surface area contributed by atoms with Crippen LogP contribution in [0.25, 0.3) is 0 Å². The van der Waals surface area contributed by atoms with Crippen molar-refractivity contribution >= 4 is 0 Å². The van der Waals surface area contributed by atoms with Crippen molar-refractivity contribution in [1.29, 1.82) is 0 Å². The highest BCUT2D eigenvalue weighted by molar-refractivity contribution is 5.50. The quantitative estimate of drug-likeness (QED) is 0.613. The molecule has 0 saturated heterocycles. The van der Waals surface area contributed by atoms with E-state index in [1.807, 2.05) is 6.92 Å². The van der Waals surface area contributed by atoms with E-state index < -0.39 is 6.04 Å². The lowest BCUT2D eigenvalue weighted by Crippen LogP contribution is -2.10. The van der Waals surface area contributed by atoms with E-state index >= 15 is 0 Å². The number of nitrogens with two attached hydrogens (primary N) is 1. The van der Waals surface area contributed by atoms with Gasteiger partial charge in [-0.3, -0.25) is 0 Å². The van der Waals surface area contributed by atoms with Crippen molar-refractivity contribution < 1.29 is 15.3 Å². The van der Waals surface area contributed by atoms with Crippen LogP contribution in [-0.2, 0) is 0 Å². The van der Waals surface area contributed by atoms with Crippen LogP contribution in [0, 0.1) is 0 Å². The number of benzene rings is 1. The van der Waals surface area contributed by atoms with E-state index in [9.17, 15) is 10.2 Å². The first kappa shape index (κ1) is 11.7. The Morgan fingerprint density at radius 2 is 1.73 bits per heavy atom. The van der Waals surface area contributed by atoms with Gasteiger partial charge < -0.3 is 21.1 Å². The molecule has 0 aliphatic carbocycles. The zero-order valence-electron chi connectivity index (χ0n) is 8.77. The van der Waals surface area contributed by atoms with Gasteiger partial charge in [-0.1, -0.05) is 19.8 Å². The van der Waals surface area contributed by atoms with Gasteiger partial charge in [0.25, 0.3) is 0 Å². The number of unbranched alkanes of at least 4 members (excludes halogenated alkanes) is 1. The Morgan fingerprint density at radius 1 is 1.20 bits per heavy atom. The Hall–Kier alpha value is -1.42. The Morgan fingerprint density at radius 3 is 2.20 bits per heavy atom. The summed E-state index contributed by atoms with van der Waals surface area (Å²) < 4.78 is 0. The van der Waals surface area contributed by atoms with Crippen molar-refractivity contribution in [2.75, 3.05) is 0 Å². The molecular formula is C11H17NO3. The number of hydrogen-bond acceptors (Lipinski definition) is 4. The third kappa shape index (κ3) is 2.76. The molecule has 0 heterocycles. The fourth-order valence-electron chi connectivity index (χ4n) is 1.56. The second kappa shape index (κ2) is 4.89. The van der Waals surface area contributed by atoms with Crippen LogP contribution in [0.5, 0.6) is 17.2 Å². The second-order valence-corrected chi connectivity index (χ2v) is 3.65. The summed E-state index contributed by atoms with van der Waals surface area (Å²) in [5.74, 6) is -0.483. The van der Waals surface area contributed by atoms with Gasteiger partial charge in [-0.2, -0.15) is 0 Å². The van der Waals surface area contributed by atoms with Gasteiger partial charge in [0.2, 0.25) is 0 Å². The fraction of sp³-hybridized carbons (Fsp3) is 0.455. The van der Waals surface area contributed by atoms with Gasteiger partial charge in [0.05, 0.1) is 5.56 Å². The van der Waals surface area contributed by atoms with Crippen LogP contribution in [-0.4, -0.2) is 15.3 Å². The van der Waals surface area contributed by atoms with Gasteiger partial charge in [0, 0.05) is 18.2 Å². The normalized spacial score (nSPS) is 12.7. The first-order valence-corrected chi connectivity index (χ1v) is 5.06. The van der Waals surface area contributed by atoms with Crippen LogP contribution in [0.1, 0.15) is 37.8 Å². The van der Waals surface area contributed by atoms with Crippen LogP contribution in [0.2, 0.25) is 0 Å². The van der Waals surface area contributed by atoms with Crippen LogP contribution in [0.4, 0.5) is 0 Å². The van der Waals surface area contributed by atoms with Crippen molar-refractivity contribution in [3.63, 3.8) is 0 Å². The average molecular weight is 211 g/mol. The summed E-state index contributed by atoms with van der Waals surface area (Å²) in [6.07, 6.45) is 2.64. The number of hydrogen-bond donors (Lipinski definition) is 4. The fourth-order valence-corrected chi connectivity index (χ4v) is 1.56. The molecule has 5 N–H and O–H groups in total. The maximum absolute atomic E-state index is 9.54. The summed E-state index contributed by atoms with van der Waals surface area (Å²) in [4.78, 5) is 0. The molecule has 0 fully saturated rings. The van der Waals surface area contributed by atoms with E-state index in [4.69, 9.17) is 10.8 Å². The molecule has 4 nitrogen and oxygen atoms in total. The molecule has 1 aromatic rings. The first-order valence-electron chi connectivity index (χ1n) is 5.06. The average Bonchev–Trinajstić information content (AvgIpc) is 2.12. The molecule has 0 amide bonds. The summed E-state index contributed by atoms with van der Waals surface area (Å²) in [5, 5.41) is 28.2. The standard InChI is InChI=1S/C11H17NO3/c1-2-3-4-8(12)11-9(14)5-7(13)6-10(11)15/h5-6,8,13-15H,2-4,12H2,1H3/t8-/m1/s1. The second-order valence-electron chi connectivity index (χ2n) is 3.65. The smallest absolute Gasteiger partial charge is 0.127 e. The van der Waals surface area contributed by atoms with Gasteiger partial charge in [-0.25, -0.2) is 0 Å². The number of phenols is 3. The van der Waals surface area contributed by atoms with Crippen LogP contribution < -0.4 is 5.73 Å². The minimum Gasteiger partial charge on any atom is -0.508 e. The van der Waals surface area contributed by atoms with Crippen LogP contribution >= 0.6 is 0 Å². The minimum absolute atomic E-state index is 0.156. The summed E-state index contributed by atoms with van der Waals surface area (Å²) in [6.45, 7) is 2.04. The third-order valence-electron chi connectivity index (χ3n) is 2.36. The molecule has 4 heteroatoms. The van der Waals surface area contributed by atoms with E-state index in [2.05, 4.69) is 0 Å². The molecule has 0 aliphatic rings. The first-order chi connectivity index (χ1) is 7.06. The molecule has 0 spiro atoms.